The Labute approximate surface area is 203 Å². The molecule has 9 heteroatoms. The molecule has 6 nitrogen and oxygen atoms in total. The Bertz CT molecular complexity index is 1060. The third-order valence-electron chi connectivity index (χ3n) is 3.86. The van der Waals surface area contributed by atoms with Gasteiger partial charge in [-0.2, -0.15) is 0 Å². The molecule has 0 aromatic carbocycles. The van der Waals surface area contributed by atoms with E-state index in [2.05, 4.69) is 19.9 Å². The fourth-order valence-electron chi connectivity index (χ4n) is 2.46. The number of nitrogens with zero attached hydrogens (tertiary/aromatic N) is 4. The van der Waals surface area contributed by atoms with E-state index in [1.807, 2.05) is 60.7 Å². The van der Waals surface area contributed by atoms with E-state index in [-0.39, 0.29) is 19.5 Å². The fourth-order valence-corrected chi connectivity index (χ4v) is 2.69. The van der Waals surface area contributed by atoms with Crippen molar-refractivity contribution in [3.63, 3.8) is 0 Å². The molecule has 0 saturated carbocycles. The van der Waals surface area contributed by atoms with Crippen LogP contribution in [0.5, 0.6) is 0 Å². The number of rotatable bonds is 4. The van der Waals surface area contributed by atoms with Gasteiger partial charge in [0.1, 0.15) is 9.98 Å². The molecule has 0 aliphatic rings. The van der Waals surface area contributed by atoms with E-state index < -0.39 is 0 Å². The van der Waals surface area contributed by atoms with Crippen molar-refractivity contribution >= 4 is 34.4 Å². The summed E-state index contributed by atoms with van der Waals surface area (Å²) < 4.78 is 0. The van der Waals surface area contributed by atoms with E-state index in [1.54, 1.807) is 24.5 Å². The Morgan fingerprint density at radius 3 is 1.26 bits per heavy atom. The van der Waals surface area contributed by atoms with Crippen molar-refractivity contribution in [2.45, 2.75) is 0 Å². The fraction of sp³-hybridized carbons (Fsp3) is 0. The van der Waals surface area contributed by atoms with Gasteiger partial charge in [0.05, 0.1) is 34.2 Å². The normalized spacial score (nSPS) is 9.55. The summed E-state index contributed by atoms with van der Waals surface area (Å²) in [6.45, 7) is 0. The molecular weight excluding hydrogens is 478 g/mol. The topological polar surface area (TPSA) is 104 Å². The molecule has 0 amide bonds. The summed E-state index contributed by atoms with van der Waals surface area (Å²) in [6, 6.07) is 22.4. The maximum atomic E-state index is 5.51. The van der Waals surface area contributed by atoms with Crippen LogP contribution in [0, 0.1) is 0 Å². The third-order valence-corrected chi connectivity index (χ3v) is 4.28. The second-order valence-corrected chi connectivity index (χ2v) is 6.85. The Morgan fingerprint density at radius 1 is 0.548 bits per heavy atom. The van der Waals surface area contributed by atoms with E-state index >= 15 is 0 Å². The maximum Gasteiger partial charge on any atom is 0.122 e. The molecule has 4 aromatic rings. The first-order valence-corrected chi connectivity index (χ1v) is 9.73. The maximum absolute atomic E-state index is 5.51. The average molecular weight is 496 g/mol. The minimum absolute atomic E-state index is 0. The molecule has 150 valence electrons. The zero-order valence-electron chi connectivity index (χ0n) is 16.6. The van der Waals surface area contributed by atoms with E-state index in [0.717, 1.165) is 22.8 Å². The van der Waals surface area contributed by atoms with Crippen LogP contribution in [0.4, 0.5) is 0 Å². The number of hydrogen-bond donors (Lipinski definition) is 2. The molecule has 4 aromatic heterocycles. The monoisotopic (exact) mass is 494 g/mol. The van der Waals surface area contributed by atoms with Gasteiger partial charge in [0.15, 0.2) is 0 Å². The molecule has 4 rings (SSSR count). The van der Waals surface area contributed by atoms with Crippen LogP contribution in [-0.2, 0) is 19.5 Å². The molecule has 0 aliphatic carbocycles. The van der Waals surface area contributed by atoms with Crippen LogP contribution in [0.1, 0.15) is 11.4 Å². The van der Waals surface area contributed by atoms with Gasteiger partial charge in [-0.1, -0.05) is 48.7 Å². The van der Waals surface area contributed by atoms with Crippen molar-refractivity contribution in [1.29, 1.82) is 0 Å². The summed E-state index contributed by atoms with van der Waals surface area (Å²) in [6.07, 6.45) is 3.45. The first-order valence-electron chi connectivity index (χ1n) is 8.91. The van der Waals surface area contributed by atoms with E-state index in [0.29, 0.717) is 21.4 Å². The molecule has 0 bridgehead atoms. The van der Waals surface area contributed by atoms with Gasteiger partial charge in [0.25, 0.3) is 0 Å². The van der Waals surface area contributed by atoms with Crippen molar-refractivity contribution in [2.75, 3.05) is 0 Å². The molecule has 4 heterocycles. The van der Waals surface area contributed by atoms with Crippen molar-refractivity contribution in [3.8, 4) is 22.8 Å². The zero-order chi connectivity index (χ0) is 21.3. The van der Waals surface area contributed by atoms with E-state index in [1.165, 1.54) is 0 Å². The van der Waals surface area contributed by atoms with Crippen molar-refractivity contribution in [2.24, 2.45) is 11.5 Å². The Kier molecular flexibility index (Phi) is 9.40. The van der Waals surface area contributed by atoms with Crippen LogP contribution in [-0.4, -0.2) is 29.9 Å². The number of aromatic nitrogens is 4. The first kappa shape index (κ1) is 24.3. The summed E-state index contributed by atoms with van der Waals surface area (Å²) in [5.74, 6) is 0. The second kappa shape index (κ2) is 12.0. The number of hydrogen-bond acceptors (Lipinski definition) is 6. The molecule has 0 aliphatic heterocycles. The molecule has 0 atom stereocenters. The van der Waals surface area contributed by atoms with Crippen LogP contribution in [0.15, 0.2) is 85.2 Å². The summed E-state index contributed by atoms with van der Waals surface area (Å²) in [7, 11) is 0. The van der Waals surface area contributed by atoms with Gasteiger partial charge in [-0.15, -0.1) is 0 Å². The third kappa shape index (κ3) is 7.03. The molecule has 0 fully saturated rings. The molecule has 4 N–H and O–H groups in total. The SMILES string of the molecule is NC(=S)c1cccc(-c2ccccn2)n1.NC(=S)c1cccc(-c2ccccn2)n1.[Zn]. The van der Waals surface area contributed by atoms with Crippen molar-refractivity contribution in [1.82, 2.24) is 19.9 Å². The summed E-state index contributed by atoms with van der Waals surface area (Å²) in [5, 5.41) is 0. The Morgan fingerprint density at radius 2 is 0.935 bits per heavy atom. The predicted octanol–water partition coefficient (Wildman–Crippen LogP) is 3.55. The van der Waals surface area contributed by atoms with Crippen LogP contribution < -0.4 is 11.5 Å². The van der Waals surface area contributed by atoms with Gasteiger partial charge >= 0.3 is 0 Å². The van der Waals surface area contributed by atoms with Crippen molar-refractivity contribution in [3.05, 3.63) is 96.6 Å². The van der Waals surface area contributed by atoms with E-state index in [4.69, 9.17) is 35.9 Å². The molecule has 0 unspecified atom stereocenters. The number of thiocarbonyl (C=S) groups is 2. The molecule has 31 heavy (non-hydrogen) atoms. The van der Waals surface area contributed by atoms with Crippen LogP contribution in [0.25, 0.3) is 22.8 Å². The van der Waals surface area contributed by atoms with E-state index in [9.17, 15) is 0 Å². The van der Waals surface area contributed by atoms with Crippen LogP contribution in [0.2, 0.25) is 0 Å². The van der Waals surface area contributed by atoms with Gasteiger partial charge in [0, 0.05) is 31.9 Å². The second-order valence-electron chi connectivity index (χ2n) is 5.97. The van der Waals surface area contributed by atoms with Crippen LogP contribution >= 0.6 is 24.4 Å². The Balaban J connectivity index is 0.000000213. The Hall–Kier alpha value is -3.00. The standard InChI is InChI=1S/2C11H9N3S.Zn/c2*12-11(15)10-6-3-5-9(14-10)8-4-1-2-7-13-8;/h2*1-7H,(H2,12,15);. The zero-order valence-corrected chi connectivity index (χ0v) is 21.2. The minimum Gasteiger partial charge on any atom is -0.388 e. The van der Waals surface area contributed by atoms with Crippen LogP contribution in [0.3, 0.4) is 0 Å². The molecular formula is C22H18N6S2Zn. The molecule has 0 spiro atoms. The van der Waals surface area contributed by atoms with Gasteiger partial charge in [-0.3, -0.25) is 9.97 Å². The predicted molar refractivity (Wildman–Crippen MR) is 127 cm³/mol. The van der Waals surface area contributed by atoms with Gasteiger partial charge in [0.2, 0.25) is 0 Å². The number of pyridine rings is 4. The minimum atomic E-state index is 0. The average Bonchev–Trinajstić information content (AvgIpc) is 2.81. The van der Waals surface area contributed by atoms with Gasteiger partial charge in [-0.05, 0) is 48.5 Å². The van der Waals surface area contributed by atoms with Gasteiger partial charge in [-0.25, -0.2) is 9.97 Å². The van der Waals surface area contributed by atoms with Crippen molar-refractivity contribution < 1.29 is 19.5 Å². The summed E-state index contributed by atoms with van der Waals surface area (Å²) in [5.41, 5.74) is 15.4. The summed E-state index contributed by atoms with van der Waals surface area (Å²) >= 11 is 9.73. The molecule has 0 saturated heterocycles. The largest absolute Gasteiger partial charge is 0.388 e. The smallest absolute Gasteiger partial charge is 0.122 e. The molecule has 0 radical (unpaired) electrons. The first-order chi connectivity index (χ1) is 14.5. The van der Waals surface area contributed by atoms with Gasteiger partial charge < -0.3 is 11.5 Å². The number of nitrogens with two attached hydrogens (primary N) is 2. The quantitative estimate of drug-likeness (QED) is 0.327. The summed E-state index contributed by atoms with van der Waals surface area (Å²) in [4.78, 5) is 17.6.